The highest BCUT2D eigenvalue weighted by atomic mass is 35.5. The second-order valence-electron chi connectivity index (χ2n) is 8.35. The van der Waals surface area contributed by atoms with Crippen LogP contribution in [0.25, 0.3) is 16.9 Å². The van der Waals surface area contributed by atoms with Crippen LogP contribution in [-0.4, -0.2) is 46.6 Å². The Morgan fingerprint density at radius 1 is 1.24 bits per heavy atom. The summed E-state index contributed by atoms with van der Waals surface area (Å²) >= 11 is 6.33. The molecule has 2 N–H and O–H groups in total. The lowest BCUT2D eigenvalue weighted by Gasteiger charge is -2.19. The van der Waals surface area contributed by atoms with Gasteiger partial charge in [-0.2, -0.15) is 0 Å². The Bertz CT molecular complexity index is 1340. The predicted octanol–water partition coefficient (Wildman–Crippen LogP) is 4.16. The van der Waals surface area contributed by atoms with Gasteiger partial charge in [-0.05, 0) is 42.3 Å². The highest BCUT2D eigenvalue weighted by Gasteiger charge is 2.25. The second kappa shape index (κ2) is 9.37. The van der Waals surface area contributed by atoms with Crippen LogP contribution in [0, 0.1) is 0 Å². The largest absolute Gasteiger partial charge is 0.495 e. The van der Waals surface area contributed by atoms with Crippen molar-refractivity contribution in [2.24, 2.45) is 0 Å². The smallest absolute Gasteiger partial charge is 0.251 e. The number of aliphatic hydroxyl groups is 1. The van der Waals surface area contributed by atoms with Crippen molar-refractivity contribution in [3.05, 3.63) is 83.1 Å². The van der Waals surface area contributed by atoms with E-state index in [4.69, 9.17) is 21.3 Å². The van der Waals surface area contributed by atoms with Crippen LogP contribution in [0.3, 0.4) is 0 Å². The molecule has 1 amide bonds. The molecule has 1 atom stereocenters. The SMILES string of the molecule is COc1cc(CO)c(-c2cn3ccc(N4CC[C@H](NC(=O)c5ccccc5)C4)cc3n2)cc1Cl. The van der Waals surface area contributed by atoms with Gasteiger partial charge < -0.3 is 24.5 Å². The first-order valence-corrected chi connectivity index (χ1v) is 11.5. The van der Waals surface area contributed by atoms with Gasteiger partial charge in [0, 0.05) is 54.4 Å². The Balaban J connectivity index is 1.35. The van der Waals surface area contributed by atoms with Crippen LogP contribution in [0.15, 0.2) is 67.0 Å². The van der Waals surface area contributed by atoms with Gasteiger partial charge in [0.15, 0.2) is 0 Å². The Kier molecular flexibility index (Phi) is 6.13. The molecule has 0 radical (unpaired) electrons. The number of halogens is 1. The number of imidazole rings is 1. The predicted molar refractivity (Wildman–Crippen MR) is 133 cm³/mol. The Morgan fingerprint density at radius 2 is 2.06 bits per heavy atom. The fraction of sp³-hybridized carbons (Fsp3) is 0.231. The first kappa shape index (κ1) is 22.3. The second-order valence-corrected chi connectivity index (χ2v) is 8.76. The zero-order valence-corrected chi connectivity index (χ0v) is 19.5. The first-order chi connectivity index (χ1) is 16.6. The molecule has 0 saturated carbocycles. The number of nitrogens with one attached hydrogen (secondary N) is 1. The van der Waals surface area contributed by atoms with Gasteiger partial charge in [0.05, 0.1) is 24.4 Å². The summed E-state index contributed by atoms with van der Waals surface area (Å²) in [5.74, 6) is 0.474. The minimum absolute atomic E-state index is 0.0429. The van der Waals surface area contributed by atoms with Gasteiger partial charge in [0.25, 0.3) is 5.91 Å². The van der Waals surface area contributed by atoms with E-state index in [0.29, 0.717) is 21.9 Å². The van der Waals surface area contributed by atoms with Crippen molar-refractivity contribution in [2.45, 2.75) is 19.1 Å². The van der Waals surface area contributed by atoms with Crippen LogP contribution in [0.5, 0.6) is 5.75 Å². The van der Waals surface area contributed by atoms with E-state index in [1.54, 1.807) is 19.2 Å². The van der Waals surface area contributed by atoms with Crippen molar-refractivity contribution in [1.29, 1.82) is 0 Å². The van der Waals surface area contributed by atoms with E-state index in [2.05, 4.69) is 10.2 Å². The number of amides is 1. The molecule has 4 aromatic rings. The minimum Gasteiger partial charge on any atom is -0.495 e. The van der Waals surface area contributed by atoms with Crippen LogP contribution >= 0.6 is 11.6 Å². The number of hydrogen-bond acceptors (Lipinski definition) is 5. The number of rotatable bonds is 6. The lowest BCUT2D eigenvalue weighted by Crippen LogP contribution is -2.37. The molecule has 1 aliphatic heterocycles. The molecule has 1 saturated heterocycles. The third kappa shape index (κ3) is 4.32. The molecule has 8 heteroatoms. The van der Waals surface area contributed by atoms with E-state index in [1.807, 2.05) is 59.3 Å². The fourth-order valence-electron chi connectivity index (χ4n) is 4.39. The highest BCUT2D eigenvalue weighted by molar-refractivity contribution is 6.32. The average Bonchev–Trinajstić information content (AvgIpc) is 3.51. The van der Waals surface area contributed by atoms with Gasteiger partial charge in [0.2, 0.25) is 0 Å². The Hall–Kier alpha value is -3.55. The maximum Gasteiger partial charge on any atom is 0.251 e. The molecule has 0 bridgehead atoms. The third-order valence-electron chi connectivity index (χ3n) is 6.19. The van der Waals surface area contributed by atoms with E-state index in [9.17, 15) is 9.90 Å². The van der Waals surface area contributed by atoms with Gasteiger partial charge in [-0.25, -0.2) is 4.98 Å². The number of hydrogen-bond donors (Lipinski definition) is 2. The van der Waals surface area contributed by atoms with Crippen molar-refractivity contribution >= 4 is 28.8 Å². The number of carbonyl (C=O) groups excluding carboxylic acids is 1. The number of nitrogens with zero attached hydrogens (tertiary/aromatic N) is 3. The maximum atomic E-state index is 12.5. The third-order valence-corrected chi connectivity index (χ3v) is 6.49. The van der Waals surface area contributed by atoms with Crippen molar-refractivity contribution in [3.63, 3.8) is 0 Å². The molecule has 0 aliphatic carbocycles. The zero-order chi connectivity index (χ0) is 23.7. The van der Waals surface area contributed by atoms with Crippen LogP contribution in [0.4, 0.5) is 5.69 Å². The molecule has 0 spiro atoms. The van der Waals surface area contributed by atoms with E-state index in [-0.39, 0.29) is 18.6 Å². The van der Waals surface area contributed by atoms with Crippen molar-refractivity contribution in [1.82, 2.24) is 14.7 Å². The topological polar surface area (TPSA) is 79.1 Å². The van der Waals surface area contributed by atoms with Gasteiger partial charge in [-0.1, -0.05) is 29.8 Å². The van der Waals surface area contributed by atoms with Crippen molar-refractivity contribution < 1.29 is 14.6 Å². The molecule has 174 valence electrons. The number of pyridine rings is 1. The molecule has 0 unspecified atom stereocenters. The molecule has 2 aromatic heterocycles. The summed E-state index contributed by atoms with van der Waals surface area (Å²) in [6.45, 7) is 1.45. The monoisotopic (exact) mass is 476 g/mol. The molecular formula is C26H25ClN4O3. The van der Waals surface area contributed by atoms with Crippen molar-refractivity contribution in [3.8, 4) is 17.0 Å². The van der Waals surface area contributed by atoms with Crippen LogP contribution in [-0.2, 0) is 6.61 Å². The summed E-state index contributed by atoms with van der Waals surface area (Å²) in [5, 5.41) is 13.4. The highest BCUT2D eigenvalue weighted by Crippen LogP contribution is 2.34. The molecule has 34 heavy (non-hydrogen) atoms. The molecule has 3 heterocycles. The standard InChI is InChI=1S/C26H25ClN4O3/c1-34-24-11-18(16-32)21(13-22(24)27)23-15-31-10-8-20(12-25(31)29-23)30-9-7-19(14-30)28-26(33)17-5-3-2-4-6-17/h2-6,8,10-13,15,19,32H,7,9,14,16H2,1H3,(H,28,33)/t19-/m0/s1. The quantitative estimate of drug-likeness (QED) is 0.437. The summed E-state index contributed by atoms with van der Waals surface area (Å²) in [6.07, 6.45) is 4.78. The number of fused-ring (bicyclic) bond motifs is 1. The number of aromatic nitrogens is 2. The number of ether oxygens (including phenoxy) is 1. The Labute approximate surface area is 202 Å². The maximum absolute atomic E-state index is 12.5. The van der Waals surface area contributed by atoms with E-state index in [0.717, 1.165) is 42.1 Å². The number of benzene rings is 2. The van der Waals surface area contributed by atoms with E-state index >= 15 is 0 Å². The zero-order valence-electron chi connectivity index (χ0n) is 18.7. The molecule has 2 aromatic carbocycles. The van der Waals surface area contributed by atoms with Crippen molar-refractivity contribution in [2.75, 3.05) is 25.1 Å². The number of carbonyl (C=O) groups is 1. The van der Waals surface area contributed by atoms with Crippen LogP contribution in [0.1, 0.15) is 22.3 Å². The molecule has 5 rings (SSSR count). The fourth-order valence-corrected chi connectivity index (χ4v) is 4.63. The first-order valence-electron chi connectivity index (χ1n) is 11.1. The van der Waals surface area contributed by atoms with Gasteiger partial charge in [-0.3, -0.25) is 4.79 Å². The summed E-state index contributed by atoms with van der Waals surface area (Å²) in [6, 6.07) is 17.0. The summed E-state index contributed by atoms with van der Waals surface area (Å²) in [5.41, 5.74) is 4.70. The van der Waals surface area contributed by atoms with E-state index in [1.165, 1.54) is 0 Å². The lowest BCUT2D eigenvalue weighted by atomic mass is 10.1. The number of anilines is 1. The Morgan fingerprint density at radius 3 is 2.82 bits per heavy atom. The average molecular weight is 477 g/mol. The van der Waals surface area contributed by atoms with Crippen LogP contribution in [0.2, 0.25) is 5.02 Å². The summed E-state index contributed by atoms with van der Waals surface area (Å²) in [4.78, 5) is 19.5. The normalized spacial score (nSPS) is 15.6. The van der Waals surface area contributed by atoms with Gasteiger partial charge in [0.1, 0.15) is 11.4 Å². The summed E-state index contributed by atoms with van der Waals surface area (Å²) in [7, 11) is 1.55. The van der Waals surface area contributed by atoms with Gasteiger partial charge in [-0.15, -0.1) is 0 Å². The molecular weight excluding hydrogens is 452 g/mol. The molecule has 1 aliphatic rings. The van der Waals surface area contributed by atoms with Crippen LogP contribution < -0.4 is 15.0 Å². The number of methoxy groups -OCH3 is 1. The van der Waals surface area contributed by atoms with E-state index < -0.39 is 0 Å². The summed E-state index contributed by atoms with van der Waals surface area (Å²) < 4.78 is 7.21. The lowest BCUT2D eigenvalue weighted by molar-refractivity contribution is 0.0940. The molecule has 1 fully saturated rings. The van der Waals surface area contributed by atoms with Gasteiger partial charge >= 0.3 is 0 Å². The number of aliphatic hydroxyl groups excluding tert-OH is 1. The minimum atomic E-state index is -0.147. The molecule has 7 nitrogen and oxygen atoms in total.